The van der Waals surface area contributed by atoms with E-state index in [0.29, 0.717) is 41.1 Å². The van der Waals surface area contributed by atoms with Crippen LogP contribution in [0.4, 0.5) is 0 Å². The zero-order valence-corrected chi connectivity index (χ0v) is 22.7. The molecule has 3 aromatic carbocycles. The van der Waals surface area contributed by atoms with Gasteiger partial charge < -0.3 is 4.74 Å². The Balaban J connectivity index is 1.94. The molecule has 0 amide bonds. The number of hydrogen-bond acceptors (Lipinski definition) is 5. The third kappa shape index (κ3) is 5.17. The van der Waals surface area contributed by atoms with Crippen LogP contribution in [-0.2, 0) is 10.0 Å². The molecule has 8 heteroatoms. The van der Waals surface area contributed by atoms with E-state index in [1.165, 1.54) is 11.4 Å². The third-order valence-electron chi connectivity index (χ3n) is 6.75. The molecular formula is C29H33N3O4S. The molecule has 7 nitrogen and oxygen atoms in total. The van der Waals surface area contributed by atoms with Gasteiger partial charge in [-0.3, -0.25) is 9.36 Å². The molecule has 0 radical (unpaired) electrons. The summed E-state index contributed by atoms with van der Waals surface area (Å²) in [6.45, 7) is 8.11. The summed E-state index contributed by atoms with van der Waals surface area (Å²) >= 11 is 0. The average molecular weight is 520 g/mol. The lowest BCUT2D eigenvalue weighted by atomic mass is 10.1. The standard InChI is InChI=1S/C29H33N3O4S/c1-6-7-18-31(37(34,35)25-16-14-24(36-5)15-17-25)22(4)28-30-27-11-9-8-10-26(27)29(33)32(28)23-13-12-20(2)21(3)19-23/h8-17,19,22H,6-7,18H2,1-5H3. The first-order chi connectivity index (χ1) is 17.7. The minimum Gasteiger partial charge on any atom is -0.497 e. The number of unbranched alkanes of at least 4 members (excludes halogenated alkanes) is 1. The Bertz CT molecular complexity index is 1580. The summed E-state index contributed by atoms with van der Waals surface area (Å²) in [5, 5.41) is 0.481. The van der Waals surface area contributed by atoms with Gasteiger partial charge in [-0.25, -0.2) is 13.4 Å². The third-order valence-corrected chi connectivity index (χ3v) is 8.74. The van der Waals surface area contributed by atoms with E-state index in [1.54, 1.807) is 54.0 Å². The monoisotopic (exact) mass is 519 g/mol. The van der Waals surface area contributed by atoms with Crippen molar-refractivity contribution in [2.24, 2.45) is 0 Å². The summed E-state index contributed by atoms with van der Waals surface area (Å²) in [5.41, 5.74) is 3.10. The molecule has 0 N–H and O–H groups in total. The highest BCUT2D eigenvalue weighted by molar-refractivity contribution is 7.89. The SMILES string of the molecule is CCCCN(C(C)c1nc2ccccc2c(=O)n1-c1ccc(C)c(C)c1)S(=O)(=O)c1ccc(OC)cc1. The number of ether oxygens (including phenoxy) is 1. The average Bonchev–Trinajstić information content (AvgIpc) is 2.90. The summed E-state index contributed by atoms with van der Waals surface area (Å²) in [6.07, 6.45) is 1.48. The first kappa shape index (κ1) is 26.6. The van der Waals surface area contributed by atoms with Gasteiger partial charge in [0, 0.05) is 6.54 Å². The summed E-state index contributed by atoms with van der Waals surface area (Å²) in [4.78, 5) is 18.8. The van der Waals surface area contributed by atoms with Crippen molar-refractivity contribution in [3.05, 3.63) is 94.0 Å². The molecule has 1 atom stereocenters. The van der Waals surface area contributed by atoms with Gasteiger partial charge in [-0.1, -0.05) is 31.5 Å². The van der Waals surface area contributed by atoms with E-state index in [1.807, 2.05) is 45.0 Å². The molecule has 0 aliphatic rings. The van der Waals surface area contributed by atoms with Crippen molar-refractivity contribution < 1.29 is 13.2 Å². The Labute approximate surface area is 218 Å². The highest BCUT2D eigenvalue weighted by atomic mass is 32.2. The highest BCUT2D eigenvalue weighted by Crippen LogP contribution is 2.30. The highest BCUT2D eigenvalue weighted by Gasteiger charge is 2.33. The van der Waals surface area contributed by atoms with Crippen LogP contribution in [0.5, 0.6) is 5.75 Å². The summed E-state index contributed by atoms with van der Waals surface area (Å²) in [5.74, 6) is 0.951. The van der Waals surface area contributed by atoms with Gasteiger partial charge in [-0.2, -0.15) is 4.31 Å². The quantitative estimate of drug-likeness (QED) is 0.289. The van der Waals surface area contributed by atoms with E-state index in [-0.39, 0.29) is 10.5 Å². The topological polar surface area (TPSA) is 81.5 Å². The maximum atomic E-state index is 13.9. The van der Waals surface area contributed by atoms with Crippen LogP contribution in [-0.4, -0.2) is 35.9 Å². The number of sulfonamides is 1. The molecule has 1 aromatic heterocycles. The fourth-order valence-corrected chi connectivity index (χ4v) is 6.02. The van der Waals surface area contributed by atoms with Gasteiger partial charge in [0.1, 0.15) is 11.6 Å². The van der Waals surface area contributed by atoms with Gasteiger partial charge in [-0.05, 0) is 86.8 Å². The van der Waals surface area contributed by atoms with Crippen LogP contribution in [0.15, 0.2) is 76.4 Å². The molecule has 4 rings (SSSR count). The van der Waals surface area contributed by atoms with Gasteiger partial charge in [0.05, 0.1) is 34.6 Å². The lowest BCUT2D eigenvalue weighted by molar-refractivity contribution is 0.322. The molecule has 4 aromatic rings. The predicted molar refractivity (Wildman–Crippen MR) is 147 cm³/mol. The van der Waals surface area contributed by atoms with E-state index in [9.17, 15) is 13.2 Å². The Morgan fingerprint density at radius 1 is 1.00 bits per heavy atom. The summed E-state index contributed by atoms with van der Waals surface area (Å²) in [6, 6.07) is 18.6. The van der Waals surface area contributed by atoms with Gasteiger partial charge in [0.2, 0.25) is 10.0 Å². The Hall–Kier alpha value is -3.49. The number of aryl methyl sites for hydroxylation is 2. The van der Waals surface area contributed by atoms with Gasteiger partial charge in [-0.15, -0.1) is 0 Å². The molecule has 0 bridgehead atoms. The smallest absolute Gasteiger partial charge is 0.266 e. The second-order valence-corrected chi connectivity index (χ2v) is 11.1. The molecule has 37 heavy (non-hydrogen) atoms. The maximum Gasteiger partial charge on any atom is 0.266 e. The van der Waals surface area contributed by atoms with E-state index >= 15 is 0 Å². The van der Waals surface area contributed by atoms with Crippen molar-refractivity contribution in [1.29, 1.82) is 0 Å². The zero-order valence-electron chi connectivity index (χ0n) is 21.9. The van der Waals surface area contributed by atoms with Gasteiger partial charge in [0.25, 0.3) is 5.56 Å². The van der Waals surface area contributed by atoms with Crippen LogP contribution < -0.4 is 10.3 Å². The van der Waals surface area contributed by atoms with Crippen molar-refractivity contribution in [2.45, 2.75) is 51.5 Å². The number of nitrogens with zero attached hydrogens (tertiary/aromatic N) is 3. The number of para-hydroxylation sites is 1. The van der Waals surface area contributed by atoms with Crippen molar-refractivity contribution in [1.82, 2.24) is 13.9 Å². The Kier molecular flexibility index (Phi) is 7.80. The van der Waals surface area contributed by atoms with Crippen molar-refractivity contribution in [2.75, 3.05) is 13.7 Å². The molecule has 1 heterocycles. The van der Waals surface area contributed by atoms with E-state index < -0.39 is 16.1 Å². The minimum atomic E-state index is -3.90. The van der Waals surface area contributed by atoms with Gasteiger partial charge >= 0.3 is 0 Å². The lowest BCUT2D eigenvalue weighted by Gasteiger charge is -2.30. The number of rotatable bonds is 9. The second kappa shape index (κ2) is 10.9. The first-order valence-corrected chi connectivity index (χ1v) is 13.9. The number of methoxy groups -OCH3 is 1. The van der Waals surface area contributed by atoms with Crippen LogP contribution in [0.25, 0.3) is 16.6 Å². The number of hydrogen-bond donors (Lipinski definition) is 0. The normalized spacial score (nSPS) is 12.7. The largest absolute Gasteiger partial charge is 0.497 e. The van der Waals surface area contributed by atoms with Crippen LogP contribution in [0.1, 0.15) is 49.7 Å². The van der Waals surface area contributed by atoms with Gasteiger partial charge in [0.15, 0.2) is 0 Å². The number of benzene rings is 3. The number of aromatic nitrogens is 2. The fraction of sp³-hybridized carbons (Fsp3) is 0.310. The first-order valence-electron chi connectivity index (χ1n) is 12.4. The molecule has 0 spiro atoms. The number of fused-ring (bicyclic) bond motifs is 1. The lowest BCUT2D eigenvalue weighted by Crippen LogP contribution is -2.38. The fourth-order valence-electron chi connectivity index (χ4n) is 4.39. The Morgan fingerprint density at radius 3 is 2.35 bits per heavy atom. The van der Waals surface area contributed by atoms with E-state index in [0.717, 1.165) is 17.5 Å². The van der Waals surface area contributed by atoms with Crippen molar-refractivity contribution in [3.63, 3.8) is 0 Å². The molecule has 1 unspecified atom stereocenters. The van der Waals surface area contributed by atoms with E-state index in [4.69, 9.17) is 9.72 Å². The molecular weight excluding hydrogens is 486 g/mol. The second-order valence-electron chi connectivity index (χ2n) is 9.22. The minimum absolute atomic E-state index is 0.164. The van der Waals surface area contributed by atoms with E-state index in [2.05, 4.69) is 0 Å². The van der Waals surface area contributed by atoms with Crippen molar-refractivity contribution >= 4 is 20.9 Å². The molecule has 194 valence electrons. The predicted octanol–water partition coefficient (Wildman–Crippen LogP) is 5.56. The molecule has 0 saturated heterocycles. The van der Waals surface area contributed by atoms with Crippen LogP contribution >= 0.6 is 0 Å². The summed E-state index contributed by atoms with van der Waals surface area (Å²) in [7, 11) is -2.36. The zero-order chi connectivity index (χ0) is 26.7. The molecule has 0 saturated carbocycles. The summed E-state index contributed by atoms with van der Waals surface area (Å²) < 4.78 is 36.0. The maximum absolute atomic E-state index is 13.9. The molecule has 0 fully saturated rings. The van der Waals surface area contributed by atoms with Crippen LogP contribution in [0.3, 0.4) is 0 Å². The molecule has 0 aliphatic carbocycles. The Morgan fingerprint density at radius 2 is 1.70 bits per heavy atom. The van der Waals surface area contributed by atoms with Crippen LogP contribution in [0.2, 0.25) is 0 Å². The molecule has 0 aliphatic heterocycles. The van der Waals surface area contributed by atoms with Crippen LogP contribution in [0, 0.1) is 13.8 Å². The van der Waals surface area contributed by atoms with Crippen molar-refractivity contribution in [3.8, 4) is 11.4 Å².